The summed E-state index contributed by atoms with van der Waals surface area (Å²) in [7, 11) is 5.40. The molecule has 0 N–H and O–H groups in total. The molecule has 0 spiro atoms. The van der Waals surface area contributed by atoms with Crippen LogP contribution in [0.4, 0.5) is 0 Å². The van der Waals surface area contributed by atoms with Gasteiger partial charge in [-0.2, -0.15) is 0 Å². The Kier molecular flexibility index (Phi) is 44.1. The number of hydrogen-bond donors (Lipinski definition) is 0. The van der Waals surface area contributed by atoms with Gasteiger partial charge in [0.2, 0.25) is 0 Å². The molecule has 0 saturated carbocycles. The van der Waals surface area contributed by atoms with Crippen molar-refractivity contribution in [3.63, 3.8) is 0 Å². The minimum absolute atomic E-state index is 0.0274. The normalized spacial score (nSPS) is 13.7. The minimum atomic E-state index is -1.13. The molecule has 0 aromatic rings. The quantitative estimate of drug-likeness (QED) is 0.0259. The third-order valence-electron chi connectivity index (χ3n) is 11.0. The molecule has 0 heterocycles. The molecule has 0 aliphatic carbocycles. The fraction of sp³-hybridized carbons (Fsp3) is 0.667. The number of nitrogens with zero attached hydrogens (tertiary/aromatic N) is 1. The molecule has 370 valence electrons. The first-order valence-electron chi connectivity index (χ1n) is 25.8. The fourth-order valence-electron chi connectivity index (χ4n) is 7.05. The summed E-state index contributed by atoms with van der Waals surface area (Å²) < 4.78 is 17.2. The number of rotatable bonds is 45. The summed E-state index contributed by atoms with van der Waals surface area (Å²) in [6.07, 6.45) is 62.9. The second-order valence-corrected chi connectivity index (χ2v) is 18.0. The van der Waals surface area contributed by atoms with Gasteiger partial charge in [0.25, 0.3) is 0 Å². The van der Waals surface area contributed by atoms with Crippen LogP contribution in [0.1, 0.15) is 194 Å². The van der Waals surface area contributed by atoms with Crippen molar-refractivity contribution in [2.75, 3.05) is 41.0 Å². The molecule has 2 atom stereocenters. The van der Waals surface area contributed by atoms with E-state index in [0.29, 0.717) is 12.8 Å². The van der Waals surface area contributed by atoms with E-state index in [-0.39, 0.29) is 42.7 Å². The number of carbonyl (C=O) groups excluding carboxylic acids is 3. The maximum Gasteiger partial charge on any atom is 0.306 e. The SMILES string of the molecule is CC/C=C/C/C=C/C/C=C/C/C=C/CCCCCCCCCCCC(=O)OCC(COCCC(C(=O)[O-])[N+](C)(C)C)OC(=O)CCCCCCCC/C=C/C/C=C/C/C=C/C/C=C/CC. The van der Waals surface area contributed by atoms with E-state index in [0.717, 1.165) is 109 Å². The van der Waals surface area contributed by atoms with Crippen molar-refractivity contribution in [3.8, 4) is 0 Å². The van der Waals surface area contributed by atoms with Crippen molar-refractivity contribution in [3.05, 3.63) is 97.2 Å². The van der Waals surface area contributed by atoms with Crippen molar-refractivity contribution in [1.29, 1.82) is 0 Å². The molecule has 0 aliphatic rings. The highest BCUT2D eigenvalue weighted by Crippen LogP contribution is 2.14. The summed E-state index contributed by atoms with van der Waals surface area (Å²) in [5.74, 6) is -1.77. The third kappa shape index (κ3) is 45.2. The smallest absolute Gasteiger partial charge is 0.306 e. The van der Waals surface area contributed by atoms with Gasteiger partial charge in [-0.25, -0.2) is 0 Å². The first-order valence-corrected chi connectivity index (χ1v) is 25.8. The lowest BCUT2D eigenvalue weighted by Crippen LogP contribution is -2.55. The van der Waals surface area contributed by atoms with E-state index in [1.54, 1.807) is 21.1 Å². The number of ether oxygens (including phenoxy) is 3. The summed E-state index contributed by atoms with van der Waals surface area (Å²) in [5, 5.41) is 11.7. The minimum Gasteiger partial charge on any atom is -0.544 e. The maximum atomic E-state index is 12.8. The van der Waals surface area contributed by atoms with Crippen LogP contribution in [-0.4, -0.2) is 75.5 Å². The van der Waals surface area contributed by atoms with Crippen LogP contribution >= 0.6 is 0 Å². The highest BCUT2D eigenvalue weighted by atomic mass is 16.6. The predicted octanol–water partition coefficient (Wildman–Crippen LogP) is 13.7. The van der Waals surface area contributed by atoms with Gasteiger partial charge in [0.05, 0.1) is 40.3 Å². The van der Waals surface area contributed by atoms with Crippen LogP contribution in [0.3, 0.4) is 0 Å². The topological polar surface area (TPSA) is 102 Å². The summed E-state index contributed by atoms with van der Waals surface area (Å²) in [6, 6.07) is -0.736. The molecular formula is C57H95NO7. The Morgan fingerprint density at radius 3 is 1.20 bits per heavy atom. The number of likely N-dealkylation sites (N-methyl/N-ethyl adjacent to an activating group) is 1. The molecular weight excluding hydrogens is 811 g/mol. The van der Waals surface area contributed by atoms with Crippen molar-refractivity contribution in [2.24, 2.45) is 0 Å². The van der Waals surface area contributed by atoms with E-state index in [2.05, 4.69) is 111 Å². The lowest BCUT2D eigenvalue weighted by atomic mass is 10.1. The second-order valence-electron chi connectivity index (χ2n) is 18.0. The van der Waals surface area contributed by atoms with E-state index in [9.17, 15) is 19.5 Å². The van der Waals surface area contributed by atoms with Crippen molar-refractivity contribution in [2.45, 2.75) is 206 Å². The second kappa shape index (κ2) is 46.8. The molecule has 0 aromatic heterocycles. The lowest BCUT2D eigenvalue weighted by molar-refractivity contribution is -0.889. The van der Waals surface area contributed by atoms with E-state index in [1.807, 2.05) is 0 Å². The van der Waals surface area contributed by atoms with E-state index < -0.39 is 18.1 Å². The fourth-order valence-corrected chi connectivity index (χ4v) is 7.05. The van der Waals surface area contributed by atoms with Gasteiger partial charge >= 0.3 is 11.9 Å². The Bertz CT molecular complexity index is 1380. The Balaban J connectivity index is 4.29. The zero-order valence-electron chi connectivity index (χ0n) is 42.1. The molecule has 0 rings (SSSR count). The number of quaternary nitrogens is 1. The van der Waals surface area contributed by atoms with Gasteiger partial charge in [0.15, 0.2) is 6.10 Å². The standard InChI is InChI=1S/C57H95NO7/c1-6-8-10-12-14-16-18-20-22-24-26-27-28-30-31-33-35-37-39-41-43-45-47-55(59)64-52-53(51-63-50-49-54(57(61)62)58(3,4)5)65-56(60)48-46-44-42-40-38-36-34-32-29-25-23-21-19-17-15-13-11-9-7-2/h8-11,14-17,20-23,26-27,29,32,53-54H,6-7,12-13,18-19,24-25,28,30-31,33-52H2,1-5H3/b10-8+,11-9+,16-14+,17-15+,22-20+,23-21+,27-26+,32-29+. The van der Waals surface area contributed by atoms with Gasteiger partial charge in [-0.3, -0.25) is 9.59 Å². The number of unbranched alkanes of at least 4 members (excludes halogenated alkanes) is 15. The predicted molar refractivity (Wildman–Crippen MR) is 272 cm³/mol. The summed E-state index contributed by atoms with van der Waals surface area (Å²) in [5.41, 5.74) is 0. The Labute approximate surface area is 398 Å². The van der Waals surface area contributed by atoms with Crippen LogP contribution in [-0.2, 0) is 28.6 Å². The number of carboxylic acid groups (broad SMARTS) is 1. The molecule has 0 bridgehead atoms. The summed E-state index contributed by atoms with van der Waals surface area (Å²) in [4.78, 5) is 37.1. The average Bonchev–Trinajstić information content (AvgIpc) is 3.27. The number of carboxylic acids is 1. The van der Waals surface area contributed by atoms with Gasteiger partial charge in [-0.15, -0.1) is 0 Å². The number of hydrogen-bond acceptors (Lipinski definition) is 7. The Morgan fingerprint density at radius 2 is 0.815 bits per heavy atom. The molecule has 65 heavy (non-hydrogen) atoms. The highest BCUT2D eigenvalue weighted by molar-refractivity contribution is 5.70. The van der Waals surface area contributed by atoms with Gasteiger partial charge in [-0.05, 0) is 89.9 Å². The van der Waals surface area contributed by atoms with Crippen LogP contribution in [0.15, 0.2) is 97.2 Å². The van der Waals surface area contributed by atoms with Crippen molar-refractivity contribution in [1.82, 2.24) is 0 Å². The molecule has 8 heteroatoms. The zero-order chi connectivity index (χ0) is 47.7. The molecule has 8 nitrogen and oxygen atoms in total. The van der Waals surface area contributed by atoms with E-state index in [1.165, 1.54) is 51.4 Å². The van der Waals surface area contributed by atoms with Crippen molar-refractivity contribution < 1.29 is 38.2 Å². The van der Waals surface area contributed by atoms with Gasteiger partial charge in [0, 0.05) is 19.3 Å². The van der Waals surface area contributed by atoms with Gasteiger partial charge in [0.1, 0.15) is 12.6 Å². The zero-order valence-corrected chi connectivity index (χ0v) is 42.1. The largest absolute Gasteiger partial charge is 0.544 e. The van der Waals surface area contributed by atoms with Crippen LogP contribution in [0.25, 0.3) is 0 Å². The molecule has 0 aliphatic heterocycles. The first kappa shape index (κ1) is 61.2. The molecule has 0 radical (unpaired) electrons. The summed E-state index contributed by atoms with van der Waals surface area (Å²) >= 11 is 0. The Morgan fingerprint density at radius 1 is 0.462 bits per heavy atom. The molecule has 0 saturated heterocycles. The molecule has 0 amide bonds. The van der Waals surface area contributed by atoms with E-state index in [4.69, 9.17) is 14.2 Å². The maximum absolute atomic E-state index is 12.8. The van der Waals surface area contributed by atoms with E-state index >= 15 is 0 Å². The van der Waals surface area contributed by atoms with Gasteiger partial charge < -0.3 is 28.6 Å². The third-order valence-corrected chi connectivity index (χ3v) is 11.0. The van der Waals surface area contributed by atoms with Gasteiger partial charge in [-0.1, -0.05) is 182 Å². The molecule has 0 fully saturated rings. The molecule has 2 unspecified atom stereocenters. The van der Waals surface area contributed by atoms with Crippen LogP contribution in [0.5, 0.6) is 0 Å². The average molecular weight is 906 g/mol. The monoisotopic (exact) mass is 906 g/mol. The highest BCUT2D eigenvalue weighted by Gasteiger charge is 2.25. The Hall–Kier alpha value is -3.75. The number of aliphatic carboxylic acids is 1. The first-order chi connectivity index (χ1) is 31.6. The summed E-state index contributed by atoms with van der Waals surface area (Å²) in [6.45, 7) is 4.41. The number of carbonyl (C=O) groups is 3. The van der Waals surface area contributed by atoms with Crippen LogP contribution in [0.2, 0.25) is 0 Å². The number of esters is 2. The number of allylic oxidation sites excluding steroid dienone is 16. The molecule has 0 aromatic carbocycles. The lowest BCUT2D eigenvalue weighted by Gasteiger charge is -2.34. The van der Waals surface area contributed by atoms with Crippen LogP contribution in [0, 0.1) is 0 Å². The van der Waals surface area contributed by atoms with Crippen LogP contribution < -0.4 is 5.11 Å². The van der Waals surface area contributed by atoms with Crippen molar-refractivity contribution >= 4 is 17.9 Å².